The Morgan fingerprint density at radius 3 is 2.71 bits per heavy atom. The highest BCUT2D eigenvalue weighted by Crippen LogP contribution is 2.34. The fraction of sp³-hybridized carbons (Fsp3) is 0.500. The molecule has 0 radical (unpaired) electrons. The molecule has 2 rings (SSSR count). The van der Waals surface area contributed by atoms with E-state index in [1.54, 1.807) is 0 Å². The van der Waals surface area contributed by atoms with Gasteiger partial charge in [-0.3, -0.25) is 0 Å². The van der Waals surface area contributed by atoms with Crippen molar-refractivity contribution in [3.05, 3.63) is 27.3 Å². The van der Waals surface area contributed by atoms with Gasteiger partial charge < -0.3 is 5.32 Å². The summed E-state index contributed by atoms with van der Waals surface area (Å²) in [7, 11) is 0. The van der Waals surface area contributed by atoms with Crippen LogP contribution in [0.2, 0.25) is 0 Å². The summed E-state index contributed by atoms with van der Waals surface area (Å²) in [5, 5.41) is 3.60. The Balaban J connectivity index is 2.07. The predicted octanol–water partition coefficient (Wildman–Crippen LogP) is 3.81. The fourth-order valence-corrected chi connectivity index (χ4v) is 2.40. The molecule has 14 heavy (non-hydrogen) atoms. The number of rotatable bonds is 3. The van der Waals surface area contributed by atoms with Gasteiger partial charge in [0.25, 0.3) is 0 Å². The molecule has 1 saturated carbocycles. The van der Waals surface area contributed by atoms with E-state index < -0.39 is 0 Å². The van der Waals surface area contributed by atoms with Crippen LogP contribution in [-0.4, -0.2) is 6.04 Å². The summed E-state index contributed by atoms with van der Waals surface area (Å²) >= 11 is 2.35. The maximum absolute atomic E-state index is 3.60. The second-order valence-corrected chi connectivity index (χ2v) is 5.48. The Bertz CT molecular complexity index is 331. The molecule has 1 fully saturated rings. The maximum Gasteiger partial charge on any atom is 0.0372 e. The Labute approximate surface area is 99.4 Å². The summed E-state index contributed by atoms with van der Waals surface area (Å²) in [6.45, 7) is 4.46. The number of anilines is 1. The highest BCUT2D eigenvalue weighted by molar-refractivity contribution is 14.1. The zero-order valence-electron chi connectivity index (χ0n) is 8.68. The molecule has 2 heteroatoms. The quantitative estimate of drug-likeness (QED) is 0.837. The lowest BCUT2D eigenvalue weighted by molar-refractivity contribution is 0.693. The van der Waals surface area contributed by atoms with Crippen LogP contribution in [0.25, 0.3) is 0 Å². The van der Waals surface area contributed by atoms with Crippen molar-refractivity contribution in [3.8, 4) is 0 Å². The minimum absolute atomic E-state index is 0.633. The zero-order chi connectivity index (χ0) is 10.1. The van der Waals surface area contributed by atoms with E-state index >= 15 is 0 Å². The molecule has 1 N–H and O–H groups in total. The van der Waals surface area contributed by atoms with Crippen LogP contribution in [0.4, 0.5) is 5.69 Å². The van der Waals surface area contributed by atoms with Crippen molar-refractivity contribution in [2.24, 2.45) is 5.92 Å². The van der Waals surface area contributed by atoms with Gasteiger partial charge in [-0.25, -0.2) is 0 Å². The fourth-order valence-electron chi connectivity index (χ4n) is 1.75. The standard InChI is InChI=1S/C12H16IN/c1-8-7-11(13)5-6-12(8)14-9(2)10-3-4-10/h5-7,9-10,14H,3-4H2,1-2H3. The average molecular weight is 301 g/mol. The summed E-state index contributed by atoms with van der Waals surface area (Å²) < 4.78 is 1.31. The first kappa shape index (κ1) is 10.3. The first-order valence-corrected chi connectivity index (χ1v) is 6.27. The third kappa shape index (κ3) is 2.41. The van der Waals surface area contributed by atoms with E-state index in [-0.39, 0.29) is 0 Å². The van der Waals surface area contributed by atoms with Gasteiger partial charge in [0, 0.05) is 15.3 Å². The lowest BCUT2D eigenvalue weighted by Gasteiger charge is -2.16. The van der Waals surface area contributed by atoms with Gasteiger partial charge >= 0.3 is 0 Å². The smallest absolute Gasteiger partial charge is 0.0372 e. The summed E-state index contributed by atoms with van der Waals surface area (Å²) in [6.07, 6.45) is 2.80. The Kier molecular flexibility index (Phi) is 3.00. The van der Waals surface area contributed by atoms with Crippen LogP contribution in [0.5, 0.6) is 0 Å². The molecular formula is C12H16IN. The van der Waals surface area contributed by atoms with Gasteiger partial charge in [-0.15, -0.1) is 0 Å². The molecule has 0 saturated heterocycles. The molecule has 1 atom stereocenters. The molecule has 0 aromatic heterocycles. The third-order valence-electron chi connectivity index (χ3n) is 2.90. The molecule has 1 aromatic rings. The van der Waals surface area contributed by atoms with E-state index in [1.165, 1.54) is 27.7 Å². The molecule has 1 unspecified atom stereocenters. The highest BCUT2D eigenvalue weighted by atomic mass is 127. The van der Waals surface area contributed by atoms with Gasteiger partial charge in [0.1, 0.15) is 0 Å². The predicted molar refractivity (Wildman–Crippen MR) is 69.7 cm³/mol. The van der Waals surface area contributed by atoms with Crippen molar-refractivity contribution in [2.75, 3.05) is 5.32 Å². The first-order valence-electron chi connectivity index (χ1n) is 5.19. The van der Waals surface area contributed by atoms with Gasteiger partial charge in [-0.05, 0) is 79.0 Å². The minimum atomic E-state index is 0.633. The van der Waals surface area contributed by atoms with E-state index in [2.05, 4.69) is 60.0 Å². The minimum Gasteiger partial charge on any atom is -0.382 e. The largest absolute Gasteiger partial charge is 0.382 e. The Morgan fingerprint density at radius 1 is 1.43 bits per heavy atom. The monoisotopic (exact) mass is 301 g/mol. The van der Waals surface area contributed by atoms with Crippen molar-refractivity contribution in [1.82, 2.24) is 0 Å². The Morgan fingerprint density at radius 2 is 2.14 bits per heavy atom. The number of hydrogen-bond donors (Lipinski definition) is 1. The Hall–Kier alpha value is -0.250. The molecule has 1 nitrogen and oxygen atoms in total. The van der Waals surface area contributed by atoms with Crippen LogP contribution in [0.1, 0.15) is 25.3 Å². The van der Waals surface area contributed by atoms with E-state index in [4.69, 9.17) is 0 Å². The molecule has 0 amide bonds. The van der Waals surface area contributed by atoms with Crippen molar-refractivity contribution in [1.29, 1.82) is 0 Å². The van der Waals surface area contributed by atoms with Crippen LogP contribution in [0.3, 0.4) is 0 Å². The molecule has 1 aliphatic carbocycles. The van der Waals surface area contributed by atoms with Crippen LogP contribution in [0, 0.1) is 16.4 Å². The summed E-state index contributed by atoms with van der Waals surface area (Å²) in [5.41, 5.74) is 2.65. The molecular weight excluding hydrogens is 285 g/mol. The molecule has 0 bridgehead atoms. The number of halogens is 1. The van der Waals surface area contributed by atoms with Crippen LogP contribution in [-0.2, 0) is 0 Å². The maximum atomic E-state index is 3.60. The van der Waals surface area contributed by atoms with E-state index in [9.17, 15) is 0 Å². The normalized spacial score (nSPS) is 17.9. The molecule has 76 valence electrons. The second kappa shape index (κ2) is 4.09. The van der Waals surface area contributed by atoms with Gasteiger partial charge in [0.05, 0.1) is 0 Å². The summed E-state index contributed by atoms with van der Waals surface area (Å²) in [5.74, 6) is 0.911. The summed E-state index contributed by atoms with van der Waals surface area (Å²) in [6, 6.07) is 7.21. The van der Waals surface area contributed by atoms with Crippen LogP contribution >= 0.6 is 22.6 Å². The topological polar surface area (TPSA) is 12.0 Å². The van der Waals surface area contributed by atoms with Crippen molar-refractivity contribution >= 4 is 28.3 Å². The number of nitrogens with one attached hydrogen (secondary N) is 1. The SMILES string of the molecule is Cc1cc(I)ccc1NC(C)C1CC1. The third-order valence-corrected chi connectivity index (χ3v) is 3.57. The van der Waals surface area contributed by atoms with Crippen molar-refractivity contribution < 1.29 is 0 Å². The van der Waals surface area contributed by atoms with Gasteiger partial charge in [-0.1, -0.05) is 0 Å². The number of aryl methyl sites for hydroxylation is 1. The van der Waals surface area contributed by atoms with Gasteiger partial charge in [0.15, 0.2) is 0 Å². The molecule has 0 spiro atoms. The molecule has 1 aromatic carbocycles. The number of hydrogen-bond acceptors (Lipinski definition) is 1. The number of benzene rings is 1. The van der Waals surface area contributed by atoms with Gasteiger partial charge in [-0.2, -0.15) is 0 Å². The summed E-state index contributed by atoms with van der Waals surface area (Å²) in [4.78, 5) is 0. The van der Waals surface area contributed by atoms with E-state index in [1.807, 2.05) is 0 Å². The molecule has 0 heterocycles. The van der Waals surface area contributed by atoms with E-state index in [0.29, 0.717) is 6.04 Å². The van der Waals surface area contributed by atoms with Crippen LogP contribution < -0.4 is 5.32 Å². The van der Waals surface area contributed by atoms with Crippen molar-refractivity contribution in [3.63, 3.8) is 0 Å². The van der Waals surface area contributed by atoms with Gasteiger partial charge in [0.2, 0.25) is 0 Å². The zero-order valence-corrected chi connectivity index (χ0v) is 10.8. The second-order valence-electron chi connectivity index (χ2n) is 4.23. The first-order chi connectivity index (χ1) is 6.66. The van der Waals surface area contributed by atoms with E-state index in [0.717, 1.165) is 5.92 Å². The lowest BCUT2D eigenvalue weighted by Crippen LogP contribution is -2.17. The molecule has 1 aliphatic rings. The van der Waals surface area contributed by atoms with Crippen LogP contribution in [0.15, 0.2) is 18.2 Å². The lowest BCUT2D eigenvalue weighted by atomic mass is 10.1. The average Bonchev–Trinajstić information content (AvgIpc) is 2.92. The van der Waals surface area contributed by atoms with Crippen molar-refractivity contribution in [2.45, 2.75) is 32.7 Å². The molecule has 0 aliphatic heterocycles. The highest BCUT2D eigenvalue weighted by Gasteiger charge is 2.27.